The Hall–Kier alpha value is -2.59. The molecule has 0 bridgehead atoms. The van der Waals surface area contributed by atoms with Crippen LogP contribution in [0, 0.1) is 13.8 Å². The van der Waals surface area contributed by atoms with Crippen molar-refractivity contribution in [2.45, 2.75) is 13.8 Å². The molecule has 0 spiro atoms. The summed E-state index contributed by atoms with van der Waals surface area (Å²) in [5.41, 5.74) is 7.66. The largest absolute Gasteiger partial charge is 0.362 e. The van der Waals surface area contributed by atoms with Crippen molar-refractivity contribution in [2.24, 2.45) is 0 Å². The van der Waals surface area contributed by atoms with E-state index in [2.05, 4.69) is 32.3 Å². The molecule has 2 aromatic carbocycles. The number of amides is 1. The fraction of sp³-hybridized carbons (Fsp3) is 0.0952. The lowest BCUT2D eigenvalue weighted by Gasteiger charge is -2.12. The van der Waals surface area contributed by atoms with Gasteiger partial charge in [-0.25, -0.2) is 0 Å². The lowest BCUT2D eigenvalue weighted by molar-refractivity contribution is -0.110. The molecule has 0 fully saturated rings. The number of aryl methyl sites for hydroxylation is 2. The van der Waals surface area contributed by atoms with Crippen molar-refractivity contribution in [3.05, 3.63) is 87.1 Å². The number of aromatic nitrogens is 1. The second kappa shape index (κ2) is 6.05. The normalized spacial score (nSPS) is 15.1. The lowest BCUT2D eigenvalue weighted by Crippen LogP contribution is -2.06. The number of nitrogens with one attached hydrogen (secondary N) is 2. The number of hydrogen-bond acceptors (Lipinski definition) is 1. The van der Waals surface area contributed by atoms with Crippen LogP contribution in [0.4, 0.5) is 5.69 Å². The minimum atomic E-state index is -0.0646. The van der Waals surface area contributed by atoms with E-state index in [1.165, 1.54) is 0 Å². The van der Waals surface area contributed by atoms with Gasteiger partial charge in [-0.2, -0.15) is 0 Å². The number of hydrogen-bond donors (Lipinski definition) is 2. The van der Waals surface area contributed by atoms with E-state index in [1.807, 2.05) is 62.4 Å². The number of fused-ring (bicyclic) bond motifs is 1. The molecule has 1 aliphatic rings. The zero-order valence-electron chi connectivity index (χ0n) is 14.0. The van der Waals surface area contributed by atoms with Crippen LogP contribution in [0.15, 0.2) is 59.1 Å². The van der Waals surface area contributed by atoms with E-state index in [1.54, 1.807) is 0 Å². The summed E-state index contributed by atoms with van der Waals surface area (Å²) in [5.74, 6) is -0.0646. The van der Waals surface area contributed by atoms with Gasteiger partial charge in [0.25, 0.3) is 5.91 Å². The molecular formula is C21H17BrN2O. The highest BCUT2D eigenvalue weighted by molar-refractivity contribution is 9.10. The second-order valence-electron chi connectivity index (χ2n) is 6.25. The first-order chi connectivity index (χ1) is 12.0. The van der Waals surface area contributed by atoms with Gasteiger partial charge in [0.05, 0.1) is 5.57 Å². The van der Waals surface area contributed by atoms with Crippen molar-refractivity contribution in [3.8, 4) is 0 Å². The molecule has 0 saturated heterocycles. The van der Waals surface area contributed by atoms with Crippen molar-refractivity contribution < 1.29 is 4.79 Å². The Kier molecular flexibility index (Phi) is 3.85. The summed E-state index contributed by atoms with van der Waals surface area (Å²) in [6, 6.07) is 18.1. The molecule has 2 heterocycles. The van der Waals surface area contributed by atoms with E-state index >= 15 is 0 Å². The first-order valence-corrected chi connectivity index (χ1v) is 8.91. The predicted molar refractivity (Wildman–Crippen MR) is 105 cm³/mol. The maximum Gasteiger partial charge on any atom is 0.257 e. The number of anilines is 1. The van der Waals surface area contributed by atoms with Crippen LogP contribution >= 0.6 is 15.9 Å². The molecule has 4 heteroatoms. The highest BCUT2D eigenvalue weighted by Crippen LogP contribution is 2.41. The van der Waals surface area contributed by atoms with Gasteiger partial charge >= 0.3 is 0 Å². The average Bonchev–Trinajstić information content (AvgIpc) is 3.08. The van der Waals surface area contributed by atoms with Crippen molar-refractivity contribution in [3.63, 3.8) is 0 Å². The number of carbonyl (C=O) groups is 1. The van der Waals surface area contributed by atoms with E-state index in [-0.39, 0.29) is 5.91 Å². The molecule has 1 amide bonds. The third-order valence-corrected chi connectivity index (χ3v) is 4.95. The van der Waals surface area contributed by atoms with Crippen LogP contribution in [0.5, 0.6) is 0 Å². The first kappa shape index (κ1) is 15.9. The minimum Gasteiger partial charge on any atom is -0.362 e. The van der Waals surface area contributed by atoms with Gasteiger partial charge in [-0.3, -0.25) is 4.79 Å². The molecule has 0 aliphatic carbocycles. The molecule has 1 aliphatic heterocycles. The number of benzene rings is 2. The number of carbonyl (C=O) groups excluding carboxylic acids is 1. The lowest BCUT2D eigenvalue weighted by atomic mass is 9.90. The van der Waals surface area contributed by atoms with Gasteiger partial charge in [0.2, 0.25) is 0 Å². The van der Waals surface area contributed by atoms with E-state index in [0.29, 0.717) is 5.57 Å². The van der Waals surface area contributed by atoms with E-state index in [0.717, 1.165) is 43.8 Å². The highest BCUT2D eigenvalue weighted by Gasteiger charge is 2.29. The van der Waals surface area contributed by atoms with Gasteiger partial charge in [-0.1, -0.05) is 46.3 Å². The topological polar surface area (TPSA) is 44.9 Å². The molecule has 0 saturated carbocycles. The third kappa shape index (κ3) is 2.72. The Labute approximate surface area is 154 Å². The number of halogens is 1. The SMILES string of the molecule is Cc1cc(C(=C2C(=O)Nc3ccc(Br)cc32)c2ccccc2)c(C)[nH]1. The Bertz CT molecular complexity index is 1020. The third-order valence-electron chi connectivity index (χ3n) is 4.46. The molecule has 4 rings (SSSR count). The Morgan fingerprint density at radius 1 is 1.00 bits per heavy atom. The van der Waals surface area contributed by atoms with Gasteiger partial charge in [-0.05, 0) is 43.7 Å². The van der Waals surface area contributed by atoms with Crippen LogP contribution < -0.4 is 5.32 Å². The van der Waals surface area contributed by atoms with Gasteiger partial charge in [0, 0.05) is 38.2 Å². The monoisotopic (exact) mass is 392 g/mol. The number of H-pyrrole nitrogens is 1. The van der Waals surface area contributed by atoms with E-state index in [4.69, 9.17) is 0 Å². The smallest absolute Gasteiger partial charge is 0.257 e. The molecule has 124 valence electrons. The van der Waals surface area contributed by atoms with Crippen molar-refractivity contribution in [1.82, 2.24) is 4.98 Å². The highest BCUT2D eigenvalue weighted by atomic mass is 79.9. The Balaban J connectivity index is 2.08. The molecule has 0 radical (unpaired) electrons. The van der Waals surface area contributed by atoms with Crippen molar-refractivity contribution >= 4 is 38.7 Å². The molecule has 3 aromatic rings. The van der Waals surface area contributed by atoms with E-state index < -0.39 is 0 Å². The average molecular weight is 393 g/mol. The summed E-state index contributed by atoms with van der Waals surface area (Å²) < 4.78 is 0.953. The summed E-state index contributed by atoms with van der Waals surface area (Å²) in [7, 11) is 0. The Morgan fingerprint density at radius 3 is 2.44 bits per heavy atom. The summed E-state index contributed by atoms with van der Waals surface area (Å²) in [5, 5.41) is 2.99. The predicted octanol–water partition coefficient (Wildman–Crippen LogP) is 5.31. The summed E-state index contributed by atoms with van der Waals surface area (Å²) in [6.07, 6.45) is 0. The zero-order chi connectivity index (χ0) is 17.6. The second-order valence-corrected chi connectivity index (χ2v) is 7.17. The van der Waals surface area contributed by atoms with Crippen LogP contribution in [0.3, 0.4) is 0 Å². The summed E-state index contributed by atoms with van der Waals surface area (Å²) in [6.45, 7) is 4.07. The number of aromatic amines is 1. The molecule has 1 aromatic heterocycles. The zero-order valence-corrected chi connectivity index (χ0v) is 15.6. The van der Waals surface area contributed by atoms with Crippen LogP contribution in [-0.2, 0) is 4.79 Å². The van der Waals surface area contributed by atoms with Crippen molar-refractivity contribution in [1.29, 1.82) is 0 Å². The molecule has 3 nitrogen and oxygen atoms in total. The van der Waals surface area contributed by atoms with Gasteiger partial charge < -0.3 is 10.3 Å². The summed E-state index contributed by atoms with van der Waals surface area (Å²) >= 11 is 3.52. The van der Waals surface area contributed by atoms with Crippen LogP contribution in [0.1, 0.15) is 28.1 Å². The molecular weight excluding hydrogens is 376 g/mol. The molecule has 0 unspecified atom stereocenters. The first-order valence-electron chi connectivity index (χ1n) is 8.12. The van der Waals surface area contributed by atoms with Gasteiger partial charge in [0.1, 0.15) is 0 Å². The number of rotatable bonds is 2. The molecule has 2 N–H and O–H groups in total. The summed E-state index contributed by atoms with van der Waals surface area (Å²) in [4.78, 5) is 16.2. The minimum absolute atomic E-state index is 0.0646. The standard InChI is InChI=1S/C21H17BrN2O/c1-12-10-16(13(2)23-12)19(14-6-4-3-5-7-14)20-17-11-15(22)8-9-18(17)24-21(20)25/h3-11,23H,1-2H3,(H,24,25). The van der Waals surface area contributed by atoms with E-state index in [9.17, 15) is 4.79 Å². The van der Waals surface area contributed by atoms with Gasteiger partial charge in [-0.15, -0.1) is 0 Å². The van der Waals surface area contributed by atoms with Crippen LogP contribution in [0.25, 0.3) is 11.1 Å². The van der Waals surface area contributed by atoms with Crippen LogP contribution in [-0.4, -0.2) is 10.9 Å². The van der Waals surface area contributed by atoms with Crippen molar-refractivity contribution in [2.75, 3.05) is 5.32 Å². The van der Waals surface area contributed by atoms with Crippen LogP contribution in [0.2, 0.25) is 0 Å². The fourth-order valence-electron chi connectivity index (χ4n) is 3.41. The molecule has 25 heavy (non-hydrogen) atoms. The fourth-order valence-corrected chi connectivity index (χ4v) is 3.77. The van der Waals surface area contributed by atoms with Gasteiger partial charge in [0.15, 0.2) is 0 Å². The maximum absolute atomic E-state index is 12.9. The quantitative estimate of drug-likeness (QED) is 0.570. The Morgan fingerprint density at radius 2 is 1.76 bits per heavy atom. The molecule has 0 atom stereocenters. The maximum atomic E-state index is 12.9.